The first-order chi connectivity index (χ1) is 15.4. The van der Waals surface area contributed by atoms with Crippen molar-refractivity contribution in [2.45, 2.75) is 26.2 Å². The van der Waals surface area contributed by atoms with E-state index in [-0.39, 0.29) is 23.6 Å². The van der Waals surface area contributed by atoms with Crippen LogP contribution in [0.2, 0.25) is 0 Å². The highest BCUT2D eigenvalue weighted by Crippen LogP contribution is 2.32. The Morgan fingerprint density at radius 3 is 2.53 bits per heavy atom. The molecule has 1 saturated heterocycles. The zero-order valence-corrected chi connectivity index (χ0v) is 19.1. The summed E-state index contributed by atoms with van der Waals surface area (Å²) in [6.07, 6.45) is 3.24. The number of carbonyl (C=O) groups excluding carboxylic acids is 3. The third kappa shape index (κ3) is 5.95. The molecule has 3 rings (SSSR count). The third-order valence-electron chi connectivity index (χ3n) is 4.81. The molecule has 0 unspecified atom stereocenters. The van der Waals surface area contributed by atoms with Gasteiger partial charge in [0, 0.05) is 13.0 Å². The topological polar surface area (TPSA) is 98.7 Å². The van der Waals surface area contributed by atoms with Crippen LogP contribution in [-0.2, 0) is 16.0 Å². The van der Waals surface area contributed by atoms with E-state index in [4.69, 9.17) is 12.2 Å². The average molecular weight is 470 g/mol. The van der Waals surface area contributed by atoms with E-state index in [1.807, 2.05) is 30.3 Å². The molecular formula is C23H23N3O4S2. The maximum Gasteiger partial charge on any atom is 0.273 e. The number of nitrogens with zero attached hydrogens (tertiary/aromatic N) is 1. The molecule has 0 saturated carbocycles. The van der Waals surface area contributed by atoms with E-state index in [1.165, 1.54) is 34.4 Å². The van der Waals surface area contributed by atoms with Gasteiger partial charge in [0.15, 0.2) is 0 Å². The Morgan fingerprint density at radius 2 is 1.84 bits per heavy atom. The molecule has 1 heterocycles. The number of nitrogens with one attached hydrogen (secondary N) is 2. The molecule has 32 heavy (non-hydrogen) atoms. The monoisotopic (exact) mass is 469 g/mol. The summed E-state index contributed by atoms with van der Waals surface area (Å²) in [5.41, 5.74) is 6.78. The molecule has 166 valence electrons. The fraction of sp³-hybridized carbons (Fsp3) is 0.217. The Bertz CT molecular complexity index is 1070. The number of amides is 3. The number of aromatic hydroxyl groups is 1. The van der Waals surface area contributed by atoms with E-state index < -0.39 is 11.8 Å². The number of hydrogen-bond acceptors (Lipinski definition) is 6. The molecule has 0 bridgehead atoms. The van der Waals surface area contributed by atoms with Crippen molar-refractivity contribution < 1.29 is 19.5 Å². The van der Waals surface area contributed by atoms with Gasteiger partial charge < -0.3 is 5.11 Å². The summed E-state index contributed by atoms with van der Waals surface area (Å²) in [5.74, 6) is -1.38. The van der Waals surface area contributed by atoms with Gasteiger partial charge in [-0.1, -0.05) is 67.3 Å². The second-order valence-corrected chi connectivity index (χ2v) is 8.73. The molecule has 7 nitrogen and oxygen atoms in total. The van der Waals surface area contributed by atoms with Crippen LogP contribution >= 0.6 is 24.0 Å². The van der Waals surface area contributed by atoms with Gasteiger partial charge in [0.25, 0.3) is 11.8 Å². The van der Waals surface area contributed by atoms with Gasteiger partial charge in [-0.3, -0.25) is 30.1 Å². The molecule has 3 N–H and O–H groups in total. The molecule has 3 amide bonds. The summed E-state index contributed by atoms with van der Waals surface area (Å²) in [5, 5.41) is 9.67. The van der Waals surface area contributed by atoms with Gasteiger partial charge in [0.1, 0.15) is 10.1 Å². The largest absolute Gasteiger partial charge is 0.507 e. The number of aryl methyl sites for hydroxylation is 1. The number of hydrazine groups is 1. The van der Waals surface area contributed by atoms with Gasteiger partial charge in [0.05, 0.1) is 10.5 Å². The van der Waals surface area contributed by atoms with Gasteiger partial charge in [-0.05, 0) is 42.2 Å². The minimum absolute atomic E-state index is 0.0569. The lowest BCUT2D eigenvalue weighted by molar-refractivity contribution is -0.124. The summed E-state index contributed by atoms with van der Waals surface area (Å²) in [4.78, 5) is 38.7. The highest BCUT2D eigenvalue weighted by atomic mass is 32.2. The SMILES string of the molecule is CCc1ccc(C=C2SC(=S)N(CCCC(=O)NNC(=O)c3ccccc3O)C2=O)cc1. The lowest BCUT2D eigenvalue weighted by Crippen LogP contribution is -2.42. The first kappa shape index (κ1) is 23.5. The molecule has 0 spiro atoms. The second kappa shape index (κ2) is 10.9. The van der Waals surface area contributed by atoms with Gasteiger partial charge in [-0.15, -0.1) is 0 Å². The Labute approximate surface area is 195 Å². The van der Waals surface area contributed by atoms with Crippen molar-refractivity contribution in [3.05, 3.63) is 70.1 Å². The molecule has 0 atom stereocenters. The maximum atomic E-state index is 12.7. The van der Waals surface area contributed by atoms with E-state index in [1.54, 1.807) is 12.1 Å². The second-order valence-electron chi connectivity index (χ2n) is 7.05. The van der Waals surface area contributed by atoms with E-state index in [9.17, 15) is 19.5 Å². The van der Waals surface area contributed by atoms with Gasteiger partial charge >= 0.3 is 0 Å². The average Bonchev–Trinajstić information content (AvgIpc) is 3.05. The van der Waals surface area contributed by atoms with Crippen LogP contribution in [0.15, 0.2) is 53.4 Å². The summed E-state index contributed by atoms with van der Waals surface area (Å²) >= 11 is 6.57. The van der Waals surface area contributed by atoms with Gasteiger partial charge in [-0.25, -0.2) is 0 Å². The Hall–Kier alpha value is -3.17. The van der Waals surface area contributed by atoms with Crippen LogP contribution in [0.1, 0.15) is 41.3 Å². The van der Waals surface area contributed by atoms with Gasteiger partial charge in [-0.2, -0.15) is 0 Å². The van der Waals surface area contributed by atoms with E-state index in [2.05, 4.69) is 17.8 Å². The third-order valence-corrected chi connectivity index (χ3v) is 6.19. The highest BCUT2D eigenvalue weighted by molar-refractivity contribution is 8.26. The van der Waals surface area contributed by atoms with Crippen molar-refractivity contribution in [2.75, 3.05) is 6.54 Å². The predicted molar refractivity (Wildman–Crippen MR) is 129 cm³/mol. The number of carbonyl (C=O) groups is 3. The molecular weight excluding hydrogens is 446 g/mol. The molecule has 2 aromatic carbocycles. The standard InChI is InChI=1S/C23H23N3O4S2/c1-2-15-9-11-16(12-10-15)14-19-22(30)26(23(31)32-19)13-5-8-20(28)24-25-21(29)17-6-3-4-7-18(17)27/h3-4,6-7,9-12,14,27H,2,5,8,13H2,1H3,(H,24,28)(H,25,29). The van der Waals surface area contributed by atoms with Crippen molar-refractivity contribution in [3.8, 4) is 5.75 Å². The van der Waals surface area contributed by atoms with Crippen molar-refractivity contribution in [1.29, 1.82) is 0 Å². The van der Waals surface area contributed by atoms with Crippen molar-refractivity contribution in [3.63, 3.8) is 0 Å². The number of benzene rings is 2. The number of para-hydroxylation sites is 1. The van der Waals surface area contributed by atoms with Crippen LogP contribution in [0.4, 0.5) is 0 Å². The van der Waals surface area contributed by atoms with Crippen molar-refractivity contribution in [1.82, 2.24) is 15.8 Å². The molecule has 1 fully saturated rings. The number of hydrogen-bond donors (Lipinski definition) is 3. The molecule has 9 heteroatoms. The summed E-state index contributed by atoms with van der Waals surface area (Å²) in [6.45, 7) is 2.39. The van der Waals surface area contributed by atoms with Crippen LogP contribution < -0.4 is 10.9 Å². The van der Waals surface area contributed by atoms with Crippen LogP contribution in [0.3, 0.4) is 0 Å². The lowest BCUT2D eigenvalue weighted by atomic mass is 10.1. The summed E-state index contributed by atoms with van der Waals surface area (Å²) < 4.78 is 0.458. The number of thiocarbonyl (C=S) groups is 1. The van der Waals surface area contributed by atoms with Crippen LogP contribution in [0.5, 0.6) is 5.75 Å². The Kier molecular flexibility index (Phi) is 8.02. The first-order valence-corrected chi connectivity index (χ1v) is 11.3. The number of thioether (sulfide) groups is 1. The minimum atomic E-state index is -0.620. The number of rotatable bonds is 7. The molecule has 0 aromatic heterocycles. The van der Waals surface area contributed by atoms with Crippen LogP contribution in [0, 0.1) is 0 Å². The zero-order valence-electron chi connectivity index (χ0n) is 17.5. The zero-order chi connectivity index (χ0) is 23.1. The summed E-state index contributed by atoms with van der Waals surface area (Å²) in [6, 6.07) is 14.0. The number of phenolic OH excluding ortho intramolecular Hbond substituents is 1. The van der Waals surface area contributed by atoms with Crippen LogP contribution in [0.25, 0.3) is 6.08 Å². The molecule has 0 radical (unpaired) electrons. The van der Waals surface area contributed by atoms with E-state index in [0.29, 0.717) is 22.2 Å². The molecule has 0 aliphatic carbocycles. The molecule has 1 aliphatic rings. The van der Waals surface area contributed by atoms with Crippen LogP contribution in [-0.4, -0.2) is 38.6 Å². The Morgan fingerprint density at radius 1 is 1.12 bits per heavy atom. The van der Waals surface area contributed by atoms with E-state index >= 15 is 0 Å². The number of phenols is 1. The highest BCUT2D eigenvalue weighted by Gasteiger charge is 2.31. The summed E-state index contributed by atoms with van der Waals surface area (Å²) in [7, 11) is 0. The Balaban J connectivity index is 1.47. The van der Waals surface area contributed by atoms with Gasteiger partial charge in [0.2, 0.25) is 5.91 Å². The quantitative estimate of drug-likeness (QED) is 0.327. The van der Waals surface area contributed by atoms with E-state index in [0.717, 1.165) is 12.0 Å². The maximum absolute atomic E-state index is 12.7. The molecule has 1 aliphatic heterocycles. The normalized spacial score (nSPS) is 14.7. The smallest absolute Gasteiger partial charge is 0.273 e. The fourth-order valence-corrected chi connectivity index (χ4v) is 4.32. The predicted octanol–water partition coefficient (Wildman–Crippen LogP) is 3.40. The molecule has 2 aromatic rings. The first-order valence-electron chi connectivity index (χ1n) is 10.1. The van der Waals surface area contributed by atoms with Crippen molar-refractivity contribution in [2.24, 2.45) is 0 Å². The lowest BCUT2D eigenvalue weighted by Gasteiger charge is -2.14. The van der Waals surface area contributed by atoms with Crippen molar-refractivity contribution >= 4 is 52.1 Å². The fourth-order valence-electron chi connectivity index (χ4n) is 3.01. The minimum Gasteiger partial charge on any atom is -0.507 e.